The van der Waals surface area contributed by atoms with Crippen molar-refractivity contribution in [2.45, 2.75) is 50.7 Å². The normalized spacial score (nSPS) is 14.4. The molecular formula is C25H34FN7O3. The summed E-state index contributed by atoms with van der Waals surface area (Å²) in [6.07, 6.45) is 6.45. The smallest absolute Gasteiger partial charge is 0.326 e. The van der Waals surface area contributed by atoms with Gasteiger partial charge in [0, 0.05) is 32.4 Å². The number of carboxylic acid groups (broad SMARTS) is 1. The molecule has 0 unspecified atom stereocenters. The maximum atomic E-state index is 14.3. The van der Waals surface area contributed by atoms with Gasteiger partial charge in [-0.25, -0.2) is 24.1 Å². The Labute approximate surface area is 210 Å². The number of anilines is 2. The summed E-state index contributed by atoms with van der Waals surface area (Å²) in [7, 11) is 1.46. The van der Waals surface area contributed by atoms with Crippen LogP contribution < -0.4 is 10.6 Å². The van der Waals surface area contributed by atoms with Crippen molar-refractivity contribution < 1.29 is 19.0 Å². The van der Waals surface area contributed by atoms with Crippen LogP contribution >= 0.6 is 0 Å². The number of nitrogens with one attached hydrogen (secondary N) is 2. The van der Waals surface area contributed by atoms with Gasteiger partial charge in [-0.3, -0.25) is 0 Å². The lowest BCUT2D eigenvalue weighted by Gasteiger charge is -2.25. The number of rotatable bonds is 15. The van der Waals surface area contributed by atoms with Gasteiger partial charge in [-0.2, -0.15) is 5.26 Å². The van der Waals surface area contributed by atoms with Crippen molar-refractivity contribution in [2.24, 2.45) is 0 Å². The zero-order valence-corrected chi connectivity index (χ0v) is 20.6. The van der Waals surface area contributed by atoms with Gasteiger partial charge in [-0.1, -0.05) is 6.07 Å². The van der Waals surface area contributed by atoms with Crippen molar-refractivity contribution in [1.29, 1.82) is 5.26 Å². The number of fused-ring (bicyclic) bond motifs is 1. The number of hydrogen-bond acceptors (Lipinski definition) is 9. The molecule has 0 bridgehead atoms. The predicted molar refractivity (Wildman–Crippen MR) is 134 cm³/mol. The van der Waals surface area contributed by atoms with Crippen LogP contribution in [0.15, 0.2) is 24.5 Å². The van der Waals surface area contributed by atoms with Gasteiger partial charge < -0.3 is 25.4 Å². The molecule has 0 radical (unpaired) electrons. The van der Waals surface area contributed by atoms with Crippen molar-refractivity contribution in [3.8, 4) is 6.07 Å². The van der Waals surface area contributed by atoms with E-state index in [1.54, 1.807) is 0 Å². The first-order valence-corrected chi connectivity index (χ1v) is 12.3. The number of alkyl halides is 1. The Bertz CT molecular complexity index is 1020. The van der Waals surface area contributed by atoms with Crippen LogP contribution in [0, 0.1) is 11.3 Å². The molecule has 0 saturated carbocycles. The van der Waals surface area contributed by atoms with Gasteiger partial charge in [0.05, 0.1) is 24.6 Å². The summed E-state index contributed by atoms with van der Waals surface area (Å²) in [5.74, 6) is 0.0603. The molecule has 36 heavy (non-hydrogen) atoms. The predicted octanol–water partition coefficient (Wildman–Crippen LogP) is 2.67. The maximum Gasteiger partial charge on any atom is 0.326 e. The third-order valence-electron chi connectivity index (χ3n) is 6.03. The number of carboxylic acids is 1. The first-order chi connectivity index (χ1) is 17.5. The molecular weight excluding hydrogens is 465 g/mol. The number of halogens is 1. The van der Waals surface area contributed by atoms with Crippen LogP contribution in [-0.4, -0.2) is 83.0 Å². The van der Waals surface area contributed by atoms with E-state index in [2.05, 4.69) is 32.7 Å². The third-order valence-corrected chi connectivity index (χ3v) is 6.03. The van der Waals surface area contributed by atoms with Gasteiger partial charge >= 0.3 is 5.97 Å². The molecule has 0 amide bonds. The van der Waals surface area contributed by atoms with E-state index in [0.717, 1.165) is 50.2 Å². The van der Waals surface area contributed by atoms with Crippen molar-refractivity contribution >= 4 is 17.7 Å². The van der Waals surface area contributed by atoms with E-state index in [9.17, 15) is 14.3 Å². The Hall–Kier alpha value is -3.36. The molecule has 0 fully saturated rings. The van der Waals surface area contributed by atoms with Crippen LogP contribution in [0.4, 0.5) is 16.2 Å². The van der Waals surface area contributed by atoms with Crippen LogP contribution in [0.1, 0.15) is 42.5 Å². The largest absolute Gasteiger partial charge is 0.480 e. The van der Waals surface area contributed by atoms with Crippen LogP contribution in [0.2, 0.25) is 0 Å². The molecule has 1 aliphatic heterocycles. The van der Waals surface area contributed by atoms with E-state index in [1.165, 1.54) is 25.1 Å². The monoisotopic (exact) mass is 499 g/mol. The quantitative estimate of drug-likeness (QED) is 0.314. The molecule has 3 N–H and O–H groups in total. The van der Waals surface area contributed by atoms with E-state index in [4.69, 9.17) is 15.0 Å². The Balaban J connectivity index is 1.51. The van der Waals surface area contributed by atoms with Crippen molar-refractivity contribution in [3.63, 3.8) is 0 Å². The third kappa shape index (κ3) is 8.70. The number of methoxy groups -OCH3 is 1. The Morgan fingerprint density at radius 1 is 1.33 bits per heavy atom. The maximum absolute atomic E-state index is 14.3. The van der Waals surface area contributed by atoms with Crippen LogP contribution in [-0.2, 0) is 22.4 Å². The van der Waals surface area contributed by atoms with Crippen LogP contribution in [0.3, 0.4) is 0 Å². The number of pyridine rings is 1. The van der Waals surface area contributed by atoms with Crippen molar-refractivity contribution in [2.75, 3.05) is 50.5 Å². The second-order valence-corrected chi connectivity index (χ2v) is 8.88. The summed E-state index contributed by atoms with van der Waals surface area (Å²) in [6.45, 7) is 2.11. The van der Waals surface area contributed by atoms with Crippen molar-refractivity contribution in [3.05, 3.63) is 41.3 Å². The topological polar surface area (TPSA) is 136 Å². The average Bonchev–Trinajstić information content (AvgIpc) is 2.89. The van der Waals surface area contributed by atoms with Crippen LogP contribution in [0.25, 0.3) is 0 Å². The zero-order chi connectivity index (χ0) is 25.8. The lowest BCUT2D eigenvalue weighted by Crippen LogP contribution is -2.39. The molecule has 0 spiro atoms. The first kappa shape index (κ1) is 27.2. The molecule has 0 aromatic carbocycles. The van der Waals surface area contributed by atoms with Gasteiger partial charge in [0.1, 0.15) is 24.1 Å². The Kier molecular flexibility index (Phi) is 10.8. The van der Waals surface area contributed by atoms with E-state index in [-0.39, 0.29) is 31.1 Å². The number of hydrogen-bond donors (Lipinski definition) is 3. The molecule has 0 saturated heterocycles. The average molecular weight is 500 g/mol. The van der Waals surface area contributed by atoms with Gasteiger partial charge in [-0.15, -0.1) is 0 Å². The number of aliphatic carboxylic acids is 1. The summed E-state index contributed by atoms with van der Waals surface area (Å²) in [5.41, 5.74) is 2.58. The molecule has 1 aliphatic rings. The minimum atomic E-state index is -1.17. The first-order valence-electron chi connectivity index (χ1n) is 12.3. The lowest BCUT2D eigenvalue weighted by atomic mass is 10.1. The van der Waals surface area contributed by atoms with Crippen molar-refractivity contribution in [1.82, 2.24) is 19.9 Å². The fourth-order valence-electron chi connectivity index (χ4n) is 4.14. The zero-order valence-electron chi connectivity index (χ0n) is 20.6. The molecule has 3 heterocycles. The molecule has 10 nitrogen and oxygen atoms in total. The van der Waals surface area contributed by atoms with E-state index in [1.807, 2.05) is 11.0 Å². The SMILES string of the molecule is COC[C@@H](F)CN(CCCCc1ccc2c(n1)NCCC2)CC[C@H](Nc1ncc(C#N)cn1)C(=O)O. The Morgan fingerprint density at radius 2 is 2.14 bits per heavy atom. The van der Waals surface area contributed by atoms with E-state index < -0.39 is 18.2 Å². The molecule has 11 heteroatoms. The summed E-state index contributed by atoms with van der Waals surface area (Å²) < 4.78 is 19.3. The highest BCUT2D eigenvalue weighted by Gasteiger charge is 2.21. The number of unbranched alkanes of at least 4 members (excludes halogenated alkanes) is 1. The second kappa shape index (κ2) is 14.3. The van der Waals surface area contributed by atoms with Gasteiger partial charge in [0.25, 0.3) is 0 Å². The summed E-state index contributed by atoms with van der Waals surface area (Å²) >= 11 is 0. The second-order valence-electron chi connectivity index (χ2n) is 8.88. The van der Waals surface area contributed by atoms with Gasteiger partial charge in [0.15, 0.2) is 0 Å². The highest BCUT2D eigenvalue weighted by Crippen LogP contribution is 2.20. The minimum absolute atomic E-state index is 0.0117. The number of aromatic nitrogens is 3. The number of nitriles is 1. The fourth-order valence-corrected chi connectivity index (χ4v) is 4.14. The van der Waals surface area contributed by atoms with E-state index in [0.29, 0.717) is 13.1 Å². The summed E-state index contributed by atoms with van der Waals surface area (Å²) in [5, 5.41) is 24.6. The van der Waals surface area contributed by atoms with Gasteiger partial charge in [-0.05, 0) is 56.7 Å². The van der Waals surface area contributed by atoms with E-state index >= 15 is 0 Å². The molecule has 0 aliphatic carbocycles. The standard InChI is InChI=1S/C25H34FN7O3/c1-36-17-20(26)16-33(11-3-2-6-21-8-7-19-5-4-10-28-23(19)31-21)12-9-22(24(34)35)32-25-29-14-18(13-27)15-30-25/h7-8,14-15,20,22H,2-6,9-12,16-17H2,1H3,(H,28,31)(H,34,35)(H,29,30,32)/t20-,22-/m0/s1. The molecule has 2 aromatic heterocycles. The highest BCUT2D eigenvalue weighted by atomic mass is 19.1. The Morgan fingerprint density at radius 3 is 2.86 bits per heavy atom. The summed E-state index contributed by atoms with van der Waals surface area (Å²) in [6, 6.07) is 5.19. The number of aryl methyl sites for hydroxylation is 2. The minimum Gasteiger partial charge on any atom is -0.480 e. The van der Waals surface area contributed by atoms with Crippen LogP contribution in [0.5, 0.6) is 0 Å². The molecule has 2 atom stereocenters. The van der Waals surface area contributed by atoms with Gasteiger partial charge in [0.2, 0.25) is 5.95 Å². The highest BCUT2D eigenvalue weighted by molar-refractivity contribution is 5.76. The number of nitrogens with zero attached hydrogens (tertiary/aromatic N) is 5. The fraction of sp³-hybridized carbons (Fsp3) is 0.560. The summed E-state index contributed by atoms with van der Waals surface area (Å²) in [4.78, 5) is 26.4. The lowest BCUT2D eigenvalue weighted by molar-refractivity contribution is -0.138. The molecule has 2 aromatic rings. The molecule has 3 rings (SSSR count). The number of carbonyl (C=O) groups is 1. The molecule has 194 valence electrons. The number of ether oxygens (including phenoxy) is 1.